The van der Waals surface area contributed by atoms with Crippen molar-refractivity contribution in [3.05, 3.63) is 67.5 Å². The lowest BCUT2D eigenvalue weighted by Crippen LogP contribution is -2.27. The molecule has 1 aliphatic heterocycles. The van der Waals surface area contributed by atoms with Gasteiger partial charge in [-0.15, -0.1) is 0 Å². The SMILES string of the molecule is COC(=O)COc1ccc(/C=C2\SC(=S)N(c3cccc([N+](=O)[O-])c3)C2=O)cc1Br. The van der Waals surface area contributed by atoms with Gasteiger partial charge in [-0.2, -0.15) is 0 Å². The maximum Gasteiger partial charge on any atom is 0.343 e. The van der Waals surface area contributed by atoms with Gasteiger partial charge in [-0.1, -0.05) is 36.1 Å². The van der Waals surface area contributed by atoms with Gasteiger partial charge in [0.25, 0.3) is 11.6 Å². The van der Waals surface area contributed by atoms with Crippen LogP contribution in [-0.2, 0) is 14.3 Å². The fourth-order valence-electron chi connectivity index (χ4n) is 2.51. The lowest BCUT2D eigenvalue weighted by atomic mass is 10.2. The van der Waals surface area contributed by atoms with Gasteiger partial charge >= 0.3 is 5.97 Å². The van der Waals surface area contributed by atoms with E-state index in [9.17, 15) is 19.7 Å². The van der Waals surface area contributed by atoms with Crippen LogP contribution in [0.5, 0.6) is 5.75 Å². The van der Waals surface area contributed by atoms with Gasteiger partial charge in [-0.25, -0.2) is 4.79 Å². The summed E-state index contributed by atoms with van der Waals surface area (Å²) in [6, 6.07) is 10.8. The highest BCUT2D eigenvalue weighted by molar-refractivity contribution is 9.10. The van der Waals surface area contributed by atoms with Gasteiger partial charge in [0.15, 0.2) is 10.9 Å². The average Bonchev–Trinajstić information content (AvgIpc) is 3.00. The van der Waals surface area contributed by atoms with Crippen molar-refractivity contribution in [2.24, 2.45) is 0 Å². The summed E-state index contributed by atoms with van der Waals surface area (Å²) in [4.78, 5) is 36.2. The van der Waals surface area contributed by atoms with Crippen LogP contribution in [0, 0.1) is 10.1 Å². The summed E-state index contributed by atoms with van der Waals surface area (Å²) in [6.45, 7) is -0.226. The Morgan fingerprint density at radius 2 is 2.10 bits per heavy atom. The number of nitrogens with zero attached hydrogens (tertiary/aromatic N) is 2. The number of thioether (sulfide) groups is 1. The number of amides is 1. The second-order valence-corrected chi connectivity index (χ2v) is 8.38. The molecule has 1 amide bonds. The second kappa shape index (κ2) is 9.37. The monoisotopic (exact) mass is 508 g/mol. The standard InChI is InChI=1S/C19H13BrN2O6S2/c1-27-17(23)10-28-15-6-5-11(7-14(15)20)8-16-18(24)21(19(29)30-16)12-3-2-4-13(9-12)22(25)26/h2-9H,10H2,1H3/b16-8-. The summed E-state index contributed by atoms with van der Waals surface area (Å²) in [5.74, 6) is -0.426. The van der Waals surface area contributed by atoms with Crippen molar-refractivity contribution in [3.63, 3.8) is 0 Å². The number of ether oxygens (including phenoxy) is 2. The molecule has 2 aromatic carbocycles. The minimum absolute atomic E-state index is 0.128. The maximum atomic E-state index is 12.9. The molecule has 11 heteroatoms. The van der Waals surface area contributed by atoms with Crippen molar-refractivity contribution in [1.29, 1.82) is 0 Å². The van der Waals surface area contributed by atoms with Crippen molar-refractivity contribution >= 4 is 73.6 Å². The first-order valence-electron chi connectivity index (χ1n) is 8.31. The fraction of sp³-hybridized carbons (Fsp3) is 0.105. The van der Waals surface area contributed by atoms with Crippen LogP contribution in [0.1, 0.15) is 5.56 Å². The molecular formula is C19H13BrN2O6S2. The van der Waals surface area contributed by atoms with Gasteiger partial charge in [0.2, 0.25) is 0 Å². The van der Waals surface area contributed by atoms with E-state index in [1.807, 2.05) is 0 Å². The zero-order valence-corrected chi connectivity index (χ0v) is 18.6. The predicted molar refractivity (Wildman–Crippen MR) is 120 cm³/mol. The van der Waals surface area contributed by atoms with Gasteiger partial charge in [0.05, 0.1) is 27.1 Å². The molecule has 0 spiro atoms. The number of halogens is 1. The van der Waals surface area contributed by atoms with E-state index < -0.39 is 10.9 Å². The van der Waals surface area contributed by atoms with Gasteiger partial charge < -0.3 is 9.47 Å². The lowest BCUT2D eigenvalue weighted by molar-refractivity contribution is -0.384. The number of hydrogen-bond donors (Lipinski definition) is 0. The van der Waals surface area contributed by atoms with E-state index in [1.54, 1.807) is 30.3 Å². The Kier molecular flexibility index (Phi) is 6.85. The van der Waals surface area contributed by atoms with Crippen LogP contribution in [0.15, 0.2) is 51.8 Å². The molecule has 0 unspecified atom stereocenters. The van der Waals surface area contributed by atoms with Crippen LogP contribution in [0.4, 0.5) is 11.4 Å². The molecule has 0 N–H and O–H groups in total. The number of methoxy groups -OCH3 is 1. The molecule has 2 aromatic rings. The average molecular weight is 509 g/mol. The lowest BCUT2D eigenvalue weighted by Gasteiger charge is -2.14. The third kappa shape index (κ3) is 4.86. The molecule has 0 aromatic heterocycles. The number of nitro benzene ring substituents is 1. The van der Waals surface area contributed by atoms with E-state index >= 15 is 0 Å². The van der Waals surface area contributed by atoms with Gasteiger partial charge in [0, 0.05) is 12.1 Å². The van der Waals surface area contributed by atoms with Crippen LogP contribution in [-0.4, -0.2) is 34.8 Å². The molecular weight excluding hydrogens is 496 g/mol. The summed E-state index contributed by atoms with van der Waals surface area (Å²) >= 11 is 9.77. The number of rotatable bonds is 6. The zero-order valence-electron chi connectivity index (χ0n) is 15.4. The van der Waals surface area contributed by atoms with Crippen LogP contribution in [0.2, 0.25) is 0 Å². The summed E-state index contributed by atoms with van der Waals surface area (Å²) < 4.78 is 10.8. The minimum Gasteiger partial charge on any atom is -0.481 e. The molecule has 154 valence electrons. The molecule has 8 nitrogen and oxygen atoms in total. The summed E-state index contributed by atoms with van der Waals surface area (Å²) in [6.07, 6.45) is 1.66. The fourth-order valence-corrected chi connectivity index (χ4v) is 4.32. The van der Waals surface area contributed by atoms with E-state index in [0.29, 0.717) is 26.4 Å². The number of non-ortho nitro benzene ring substituents is 1. The Morgan fingerprint density at radius 1 is 1.33 bits per heavy atom. The smallest absolute Gasteiger partial charge is 0.343 e. The molecule has 0 bridgehead atoms. The van der Waals surface area contributed by atoms with Crippen LogP contribution in [0.25, 0.3) is 6.08 Å². The van der Waals surface area contributed by atoms with Gasteiger partial charge in [-0.3, -0.25) is 19.8 Å². The Morgan fingerprint density at radius 3 is 2.77 bits per heavy atom. The Labute approximate surface area is 189 Å². The summed E-state index contributed by atoms with van der Waals surface area (Å²) in [7, 11) is 1.27. The largest absolute Gasteiger partial charge is 0.481 e. The highest BCUT2D eigenvalue weighted by Crippen LogP contribution is 2.37. The second-order valence-electron chi connectivity index (χ2n) is 5.85. The van der Waals surface area contributed by atoms with Crippen molar-refractivity contribution in [2.45, 2.75) is 0 Å². The van der Waals surface area contributed by atoms with Crippen molar-refractivity contribution in [2.75, 3.05) is 18.6 Å². The molecule has 0 saturated carbocycles. The minimum atomic E-state index is -0.529. The number of hydrogen-bond acceptors (Lipinski definition) is 8. The van der Waals surface area contributed by atoms with Crippen molar-refractivity contribution in [3.8, 4) is 5.75 Å². The Hall–Kier alpha value is -2.76. The quantitative estimate of drug-likeness (QED) is 0.187. The van der Waals surface area contributed by atoms with Crippen LogP contribution in [0.3, 0.4) is 0 Å². The van der Waals surface area contributed by atoms with E-state index in [-0.39, 0.29) is 22.5 Å². The molecule has 1 aliphatic rings. The summed E-state index contributed by atoms with van der Waals surface area (Å²) in [5, 5.41) is 11.0. The number of benzene rings is 2. The van der Waals surface area contributed by atoms with Crippen molar-refractivity contribution in [1.82, 2.24) is 0 Å². The van der Waals surface area contributed by atoms with Gasteiger partial charge in [0.1, 0.15) is 5.75 Å². The number of thiocarbonyl (C=S) groups is 1. The first kappa shape index (κ1) is 21.9. The van der Waals surface area contributed by atoms with Crippen LogP contribution >= 0.6 is 39.9 Å². The normalized spacial score (nSPS) is 14.9. The highest BCUT2D eigenvalue weighted by atomic mass is 79.9. The molecule has 30 heavy (non-hydrogen) atoms. The first-order chi connectivity index (χ1) is 14.3. The molecule has 0 aliphatic carbocycles. The molecule has 3 rings (SSSR count). The molecule has 1 saturated heterocycles. The van der Waals surface area contributed by atoms with Gasteiger partial charge in [-0.05, 0) is 45.8 Å². The van der Waals surface area contributed by atoms with Crippen LogP contribution < -0.4 is 9.64 Å². The molecule has 0 radical (unpaired) electrons. The number of nitro groups is 1. The number of carbonyl (C=O) groups is 2. The number of anilines is 1. The highest BCUT2D eigenvalue weighted by Gasteiger charge is 2.34. The van der Waals surface area contributed by atoms with E-state index in [2.05, 4.69) is 20.7 Å². The third-order valence-electron chi connectivity index (χ3n) is 3.92. The first-order valence-corrected chi connectivity index (χ1v) is 10.3. The molecule has 1 fully saturated rings. The Bertz CT molecular complexity index is 1090. The van der Waals surface area contributed by atoms with E-state index in [4.69, 9.17) is 17.0 Å². The van der Waals surface area contributed by atoms with E-state index in [0.717, 1.165) is 11.8 Å². The predicted octanol–water partition coefficient (Wildman–Crippen LogP) is 4.31. The van der Waals surface area contributed by atoms with E-state index in [1.165, 1.54) is 30.2 Å². The maximum absolute atomic E-state index is 12.9. The summed E-state index contributed by atoms with van der Waals surface area (Å²) in [5.41, 5.74) is 0.909. The molecule has 0 atom stereocenters. The number of esters is 1. The number of carbonyl (C=O) groups excluding carboxylic acids is 2. The topological polar surface area (TPSA) is 99.0 Å². The molecule has 1 heterocycles. The van der Waals surface area contributed by atoms with Crippen molar-refractivity contribution < 1.29 is 24.0 Å². The Balaban J connectivity index is 1.82. The zero-order chi connectivity index (χ0) is 21.8. The third-order valence-corrected chi connectivity index (χ3v) is 5.84.